The van der Waals surface area contributed by atoms with Crippen molar-refractivity contribution in [3.63, 3.8) is 0 Å². The zero-order valence-corrected chi connectivity index (χ0v) is 13.2. The van der Waals surface area contributed by atoms with Crippen LogP contribution >= 0.6 is 11.6 Å². The lowest BCUT2D eigenvalue weighted by Crippen LogP contribution is -2.48. The molecule has 4 nitrogen and oxygen atoms in total. The molecule has 0 saturated carbocycles. The fourth-order valence-corrected chi connectivity index (χ4v) is 4.09. The molecule has 116 valence electrons. The van der Waals surface area contributed by atoms with E-state index in [1.807, 2.05) is 35.1 Å². The van der Waals surface area contributed by atoms with E-state index in [-0.39, 0.29) is 5.88 Å². The van der Waals surface area contributed by atoms with Crippen LogP contribution in [-0.4, -0.2) is 39.4 Å². The van der Waals surface area contributed by atoms with Crippen molar-refractivity contribution in [3.8, 4) is 17.0 Å². The molecule has 4 heterocycles. The summed E-state index contributed by atoms with van der Waals surface area (Å²) in [5.41, 5.74) is 1.66. The van der Waals surface area contributed by atoms with Gasteiger partial charge >= 0.3 is 0 Å². The Labute approximate surface area is 135 Å². The molecule has 3 aliphatic rings. The van der Waals surface area contributed by atoms with Gasteiger partial charge in [0.15, 0.2) is 0 Å². The number of aromatic nitrogens is 2. The van der Waals surface area contributed by atoms with E-state index in [0.717, 1.165) is 30.1 Å². The smallest absolute Gasteiger partial charge is 0.238 e. The summed E-state index contributed by atoms with van der Waals surface area (Å²) in [5, 5.41) is 15.1. The number of aromatic hydroxyl groups is 1. The van der Waals surface area contributed by atoms with Gasteiger partial charge in [0.2, 0.25) is 5.88 Å². The van der Waals surface area contributed by atoms with Crippen LogP contribution in [0.2, 0.25) is 5.02 Å². The second-order valence-electron chi connectivity index (χ2n) is 6.50. The minimum Gasteiger partial charge on any atom is -0.492 e. The summed E-state index contributed by atoms with van der Waals surface area (Å²) in [6, 6.07) is 7.53. The molecule has 0 spiro atoms. The van der Waals surface area contributed by atoms with Gasteiger partial charge in [-0.2, -0.15) is 0 Å². The van der Waals surface area contributed by atoms with Gasteiger partial charge in [-0.15, -0.1) is 5.10 Å². The Morgan fingerprint density at radius 2 is 2.09 bits per heavy atom. The molecular weight excluding hydrogens is 298 g/mol. The quantitative estimate of drug-likeness (QED) is 0.944. The van der Waals surface area contributed by atoms with Crippen molar-refractivity contribution in [2.75, 3.05) is 19.6 Å². The van der Waals surface area contributed by atoms with E-state index in [1.54, 1.807) is 0 Å². The molecule has 1 aromatic carbocycles. The highest BCUT2D eigenvalue weighted by Gasteiger charge is 2.34. The number of benzene rings is 1. The zero-order chi connectivity index (χ0) is 15.1. The van der Waals surface area contributed by atoms with Gasteiger partial charge in [-0.1, -0.05) is 23.7 Å². The molecule has 3 fully saturated rings. The summed E-state index contributed by atoms with van der Waals surface area (Å²) in [5.74, 6) is 1.54. The average molecular weight is 318 g/mol. The topological polar surface area (TPSA) is 41.3 Å². The first-order chi connectivity index (χ1) is 10.7. The van der Waals surface area contributed by atoms with E-state index >= 15 is 0 Å². The van der Waals surface area contributed by atoms with Gasteiger partial charge in [-0.25, -0.2) is 0 Å². The molecule has 1 unspecified atom stereocenters. The molecule has 3 saturated heterocycles. The van der Waals surface area contributed by atoms with Gasteiger partial charge in [-0.3, -0.25) is 4.68 Å². The van der Waals surface area contributed by atoms with Gasteiger partial charge < -0.3 is 10.0 Å². The maximum Gasteiger partial charge on any atom is 0.238 e. The molecule has 2 bridgehead atoms. The summed E-state index contributed by atoms with van der Waals surface area (Å²) in [4.78, 5) is 2.55. The van der Waals surface area contributed by atoms with E-state index in [1.165, 1.54) is 25.9 Å². The molecule has 3 aliphatic heterocycles. The van der Waals surface area contributed by atoms with Crippen molar-refractivity contribution in [1.29, 1.82) is 0 Å². The van der Waals surface area contributed by atoms with Crippen LogP contribution in [0.3, 0.4) is 0 Å². The third-order valence-corrected chi connectivity index (χ3v) is 5.33. The van der Waals surface area contributed by atoms with Gasteiger partial charge in [0, 0.05) is 24.3 Å². The molecule has 5 heteroatoms. The normalized spacial score (nSPS) is 27.2. The fourth-order valence-electron chi connectivity index (χ4n) is 3.90. The number of piperidine rings is 3. The van der Waals surface area contributed by atoms with Crippen LogP contribution in [-0.2, 0) is 6.54 Å². The Morgan fingerprint density at radius 3 is 2.77 bits per heavy atom. The maximum atomic E-state index is 10.2. The first-order valence-electron chi connectivity index (χ1n) is 7.94. The molecule has 2 aromatic rings. The number of halogens is 1. The highest BCUT2D eigenvalue weighted by atomic mass is 35.5. The summed E-state index contributed by atoms with van der Waals surface area (Å²) < 4.78 is 1.90. The maximum absolute atomic E-state index is 10.2. The van der Waals surface area contributed by atoms with Crippen LogP contribution in [0.4, 0.5) is 0 Å². The van der Waals surface area contributed by atoms with E-state index in [2.05, 4.69) is 10.00 Å². The van der Waals surface area contributed by atoms with Crippen molar-refractivity contribution in [2.24, 2.45) is 11.8 Å². The van der Waals surface area contributed by atoms with Crippen LogP contribution in [0, 0.1) is 11.8 Å². The standard InChI is InChI=1S/C17H20ClN3O/c18-15-3-1-2-13(8-15)16-11-21(19-17(16)22)10-14-9-20-6-4-12(14)5-7-20/h1-3,8,11-12,14H,4-7,9-10H2,(H,19,22). The summed E-state index contributed by atoms with van der Waals surface area (Å²) >= 11 is 6.04. The first-order valence-corrected chi connectivity index (χ1v) is 8.31. The van der Waals surface area contributed by atoms with Crippen LogP contribution in [0.1, 0.15) is 12.8 Å². The van der Waals surface area contributed by atoms with Gasteiger partial charge in [0.1, 0.15) is 0 Å². The van der Waals surface area contributed by atoms with Crippen molar-refractivity contribution in [3.05, 3.63) is 35.5 Å². The molecule has 22 heavy (non-hydrogen) atoms. The number of rotatable bonds is 3. The van der Waals surface area contributed by atoms with Crippen molar-refractivity contribution < 1.29 is 5.11 Å². The Kier molecular flexibility index (Phi) is 3.59. The first kappa shape index (κ1) is 14.1. The molecule has 5 rings (SSSR count). The molecule has 1 atom stereocenters. The summed E-state index contributed by atoms with van der Waals surface area (Å²) in [7, 11) is 0. The third kappa shape index (κ3) is 2.61. The molecule has 0 amide bonds. The van der Waals surface area contributed by atoms with Crippen LogP contribution < -0.4 is 0 Å². The molecule has 1 aromatic heterocycles. The highest BCUT2D eigenvalue weighted by molar-refractivity contribution is 6.30. The number of fused-ring (bicyclic) bond motifs is 3. The molecule has 0 aliphatic carbocycles. The van der Waals surface area contributed by atoms with Crippen molar-refractivity contribution in [2.45, 2.75) is 19.4 Å². The Morgan fingerprint density at radius 1 is 1.27 bits per heavy atom. The van der Waals surface area contributed by atoms with Gasteiger partial charge in [0.25, 0.3) is 0 Å². The van der Waals surface area contributed by atoms with Crippen molar-refractivity contribution >= 4 is 11.6 Å². The van der Waals surface area contributed by atoms with E-state index in [0.29, 0.717) is 10.9 Å². The molecular formula is C17H20ClN3O. The Bertz CT molecular complexity index is 676. The van der Waals surface area contributed by atoms with Crippen LogP contribution in [0.25, 0.3) is 11.1 Å². The van der Waals surface area contributed by atoms with Gasteiger partial charge in [0.05, 0.1) is 5.56 Å². The van der Waals surface area contributed by atoms with E-state index in [4.69, 9.17) is 11.6 Å². The SMILES string of the molecule is Oc1nn(CC2CN3CCC2CC3)cc1-c1cccc(Cl)c1. The molecule has 0 radical (unpaired) electrons. The lowest BCUT2D eigenvalue weighted by Gasteiger charge is -2.44. The van der Waals surface area contributed by atoms with Crippen LogP contribution in [0.15, 0.2) is 30.5 Å². The minimum absolute atomic E-state index is 0.0866. The summed E-state index contributed by atoms with van der Waals surface area (Å²) in [6.07, 6.45) is 4.55. The minimum atomic E-state index is 0.0866. The highest BCUT2D eigenvalue weighted by Crippen LogP contribution is 2.34. The Hall–Kier alpha value is -1.52. The fraction of sp³-hybridized carbons (Fsp3) is 0.471. The predicted molar refractivity (Wildman–Crippen MR) is 87.0 cm³/mol. The van der Waals surface area contributed by atoms with Gasteiger partial charge in [-0.05, 0) is 55.5 Å². The largest absolute Gasteiger partial charge is 0.492 e. The second-order valence-corrected chi connectivity index (χ2v) is 6.93. The Balaban J connectivity index is 1.55. The second kappa shape index (κ2) is 5.60. The van der Waals surface area contributed by atoms with E-state index < -0.39 is 0 Å². The molecule has 1 N–H and O–H groups in total. The monoisotopic (exact) mass is 317 g/mol. The van der Waals surface area contributed by atoms with Crippen LogP contribution in [0.5, 0.6) is 5.88 Å². The lowest BCUT2D eigenvalue weighted by molar-refractivity contribution is 0.0404. The predicted octanol–water partition coefficient (Wildman–Crippen LogP) is 3.25. The zero-order valence-electron chi connectivity index (χ0n) is 12.5. The van der Waals surface area contributed by atoms with Crippen molar-refractivity contribution in [1.82, 2.24) is 14.7 Å². The average Bonchev–Trinajstić information content (AvgIpc) is 2.89. The lowest BCUT2D eigenvalue weighted by atomic mass is 9.79. The number of hydrogen-bond donors (Lipinski definition) is 1. The number of nitrogens with zero attached hydrogens (tertiary/aromatic N) is 3. The summed E-state index contributed by atoms with van der Waals surface area (Å²) in [6.45, 7) is 4.55. The number of hydrogen-bond acceptors (Lipinski definition) is 3. The van der Waals surface area contributed by atoms with E-state index in [9.17, 15) is 5.11 Å². The third-order valence-electron chi connectivity index (χ3n) is 5.09.